The Morgan fingerprint density at radius 3 is 2.07 bits per heavy atom. The number of allylic oxidation sites excluding steroid dienone is 3. The molecule has 0 radical (unpaired) electrons. The van der Waals surface area contributed by atoms with Crippen LogP contribution in [0.3, 0.4) is 0 Å². The molecule has 0 aromatic heterocycles. The Kier molecular flexibility index (Phi) is 11.8. The molecule has 1 aliphatic carbocycles. The summed E-state index contributed by atoms with van der Waals surface area (Å²) in [5, 5.41) is 20.3. The summed E-state index contributed by atoms with van der Waals surface area (Å²) >= 11 is 0. The standard InChI is InChI=1S/C26H46O2/c1-21(2)13-10-15-23(4)17-11-16-22(3)14-8-6-7-9-18-24-25(27)19-12-20-26(24,5)28/h9,12,18-24,27-28H,6-8,10-11,13-17H2,1-5H3. The van der Waals surface area contributed by atoms with Crippen molar-refractivity contribution >= 4 is 0 Å². The van der Waals surface area contributed by atoms with Gasteiger partial charge in [0.1, 0.15) is 5.76 Å². The Hall–Kier alpha value is -1.02. The first-order chi connectivity index (χ1) is 13.2. The Bertz CT molecular complexity index is 499. The van der Waals surface area contributed by atoms with Gasteiger partial charge >= 0.3 is 0 Å². The van der Waals surface area contributed by atoms with E-state index in [1.807, 2.05) is 6.08 Å². The van der Waals surface area contributed by atoms with Gasteiger partial charge in [-0.25, -0.2) is 0 Å². The molecule has 0 bridgehead atoms. The van der Waals surface area contributed by atoms with Crippen LogP contribution >= 0.6 is 0 Å². The topological polar surface area (TPSA) is 40.5 Å². The fraction of sp³-hybridized carbons (Fsp3) is 0.769. The van der Waals surface area contributed by atoms with E-state index < -0.39 is 5.60 Å². The fourth-order valence-electron chi connectivity index (χ4n) is 4.11. The molecular formula is C26H46O2. The van der Waals surface area contributed by atoms with E-state index in [4.69, 9.17) is 0 Å². The minimum Gasteiger partial charge on any atom is -0.512 e. The Morgan fingerprint density at radius 2 is 1.50 bits per heavy atom. The summed E-state index contributed by atoms with van der Waals surface area (Å²) < 4.78 is 0. The summed E-state index contributed by atoms with van der Waals surface area (Å²) in [6.45, 7) is 11.2. The lowest BCUT2D eigenvalue weighted by molar-refractivity contribution is 0.0616. The molecule has 0 saturated heterocycles. The highest BCUT2D eigenvalue weighted by atomic mass is 16.3. The molecule has 2 N–H and O–H groups in total. The SMILES string of the molecule is CC(C)CCCC(C)CCCC(C)CCCCC=CC1C(O)=CC=CC1(C)O. The predicted octanol–water partition coefficient (Wildman–Crippen LogP) is 7.75. The number of aliphatic hydroxyl groups is 2. The lowest BCUT2D eigenvalue weighted by Gasteiger charge is -2.29. The maximum absolute atomic E-state index is 10.3. The maximum atomic E-state index is 10.3. The average Bonchev–Trinajstić information content (AvgIpc) is 2.59. The van der Waals surface area contributed by atoms with E-state index in [0.717, 1.165) is 24.2 Å². The van der Waals surface area contributed by atoms with Crippen LogP contribution in [0.15, 0.2) is 36.1 Å². The number of hydrogen-bond donors (Lipinski definition) is 2. The van der Waals surface area contributed by atoms with Crippen LogP contribution in [0.5, 0.6) is 0 Å². The van der Waals surface area contributed by atoms with Crippen LogP contribution in [0.1, 0.15) is 98.8 Å². The van der Waals surface area contributed by atoms with Crippen molar-refractivity contribution < 1.29 is 10.2 Å². The van der Waals surface area contributed by atoms with Gasteiger partial charge in [0.2, 0.25) is 0 Å². The van der Waals surface area contributed by atoms with Crippen molar-refractivity contribution in [3.63, 3.8) is 0 Å². The summed E-state index contributed by atoms with van der Waals surface area (Å²) in [7, 11) is 0. The first kappa shape index (κ1) is 25.0. The van der Waals surface area contributed by atoms with E-state index >= 15 is 0 Å². The number of rotatable bonds is 14. The first-order valence-corrected chi connectivity index (χ1v) is 11.7. The molecule has 1 aliphatic rings. The summed E-state index contributed by atoms with van der Waals surface area (Å²) in [5.41, 5.74) is -0.990. The zero-order chi connectivity index (χ0) is 21.0. The van der Waals surface area contributed by atoms with Gasteiger partial charge in [0.15, 0.2) is 0 Å². The van der Waals surface area contributed by atoms with E-state index in [0.29, 0.717) is 0 Å². The van der Waals surface area contributed by atoms with Gasteiger partial charge in [-0.2, -0.15) is 0 Å². The Labute approximate surface area is 174 Å². The quantitative estimate of drug-likeness (QED) is 0.235. The van der Waals surface area contributed by atoms with Crippen LogP contribution in [0.25, 0.3) is 0 Å². The molecule has 0 aliphatic heterocycles. The van der Waals surface area contributed by atoms with E-state index in [2.05, 4.69) is 33.8 Å². The van der Waals surface area contributed by atoms with Crippen molar-refractivity contribution in [2.24, 2.45) is 23.7 Å². The van der Waals surface area contributed by atoms with Crippen LogP contribution < -0.4 is 0 Å². The van der Waals surface area contributed by atoms with Crippen molar-refractivity contribution in [3.05, 3.63) is 36.1 Å². The monoisotopic (exact) mass is 390 g/mol. The van der Waals surface area contributed by atoms with E-state index in [-0.39, 0.29) is 11.7 Å². The molecular weight excluding hydrogens is 344 g/mol. The summed E-state index contributed by atoms with van der Waals surface area (Å²) in [6.07, 6.45) is 22.3. The molecule has 2 heteroatoms. The van der Waals surface area contributed by atoms with Gasteiger partial charge in [-0.15, -0.1) is 0 Å². The van der Waals surface area contributed by atoms with E-state index in [1.54, 1.807) is 25.2 Å². The lowest BCUT2D eigenvalue weighted by Crippen LogP contribution is -2.33. The van der Waals surface area contributed by atoms with Gasteiger partial charge in [-0.3, -0.25) is 0 Å². The molecule has 0 fully saturated rings. The van der Waals surface area contributed by atoms with Crippen molar-refractivity contribution in [2.45, 2.75) is 104 Å². The van der Waals surface area contributed by atoms with Crippen LogP contribution in [0.4, 0.5) is 0 Å². The second-order valence-electron chi connectivity index (χ2n) is 9.83. The van der Waals surface area contributed by atoms with Crippen molar-refractivity contribution in [3.8, 4) is 0 Å². The molecule has 0 spiro atoms. The van der Waals surface area contributed by atoms with Crippen LogP contribution in [-0.2, 0) is 0 Å². The van der Waals surface area contributed by atoms with Gasteiger partial charge in [0.25, 0.3) is 0 Å². The number of hydrogen-bond acceptors (Lipinski definition) is 2. The highest BCUT2D eigenvalue weighted by Gasteiger charge is 2.31. The second kappa shape index (κ2) is 13.2. The van der Waals surface area contributed by atoms with Crippen molar-refractivity contribution in [1.29, 1.82) is 0 Å². The molecule has 4 unspecified atom stereocenters. The largest absolute Gasteiger partial charge is 0.512 e. The normalized spacial score (nSPS) is 24.7. The molecule has 0 aromatic carbocycles. The number of aliphatic hydroxyl groups excluding tert-OH is 1. The molecule has 0 heterocycles. The average molecular weight is 391 g/mol. The summed E-state index contributed by atoms with van der Waals surface area (Å²) in [4.78, 5) is 0. The molecule has 28 heavy (non-hydrogen) atoms. The smallest absolute Gasteiger partial charge is 0.102 e. The Morgan fingerprint density at radius 1 is 0.929 bits per heavy atom. The molecule has 0 amide bonds. The van der Waals surface area contributed by atoms with Gasteiger partial charge in [-0.1, -0.05) is 103 Å². The van der Waals surface area contributed by atoms with Crippen LogP contribution in [0, 0.1) is 23.7 Å². The third-order valence-electron chi connectivity index (χ3n) is 6.17. The van der Waals surface area contributed by atoms with Gasteiger partial charge in [-0.05, 0) is 43.6 Å². The second-order valence-corrected chi connectivity index (χ2v) is 9.83. The highest BCUT2D eigenvalue weighted by Crippen LogP contribution is 2.30. The fourth-order valence-corrected chi connectivity index (χ4v) is 4.11. The molecule has 4 atom stereocenters. The Balaban J connectivity index is 2.08. The molecule has 0 aromatic rings. The van der Waals surface area contributed by atoms with Gasteiger partial charge in [0.05, 0.1) is 11.5 Å². The first-order valence-electron chi connectivity index (χ1n) is 11.7. The molecule has 0 saturated carbocycles. The highest BCUT2D eigenvalue weighted by molar-refractivity contribution is 5.27. The van der Waals surface area contributed by atoms with Gasteiger partial charge in [0, 0.05) is 0 Å². The summed E-state index contributed by atoms with van der Waals surface area (Å²) in [6, 6.07) is 0. The number of unbranched alkanes of at least 4 members (excludes halogenated alkanes) is 2. The van der Waals surface area contributed by atoms with E-state index in [9.17, 15) is 10.2 Å². The van der Waals surface area contributed by atoms with Crippen molar-refractivity contribution in [2.75, 3.05) is 0 Å². The van der Waals surface area contributed by atoms with Crippen molar-refractivity contribution in [1.82, 2.24) is 0 Å². The van der Waals surface area contributed by atoms with E-state index in [1.165, 1.54) is 57.8 Å². The molecule has 162 valence electrons. The third kappa shape index (κ3) is 10.5. The van der Waals surface area contributed by atoms with Crippen LogP contribution in [-0.4, -0.2) is 15.8 Å². The maximum Gasteiger partial charge on any atom is 0.102 e. The minimum absolute atomic E-state index is 0.246. The predicted molar refractivity (Wildman–Crippen MR) is 122 cm³/mol. The lowest BCUT2D eigenvalue weighted by atomic mass is 9.83. The molecule has 2 nitrogen and oxygen atoms in total. The van der Waals surface area contributed by atoms with Crippen LogP contribution in [0.2, 0.25) is 0 Å². The third-order valence-corrected chi connectivity index (χ3v) is 6.17. The zero-order valence-corrected chi connectivity index (χ0v) is 19.2. The van der Waals surface area contributed by atoms with Gasteiger partial charge < -0.3 is 10.2 Å². The zero-order valence-electron chi connectivity index (χ0n) is 19.2. The molecule has 1 rings (SSSR count). The summed E-state index contributed by atoms with van der Waals surface area (Å²) in [5.74, 6) is 2.48. The minimum atomic E-state index is -0.990.